The summed E-state index contributed by atoms with van der Waals surface area (Å²) in [6.45, 7) is 6.94. The van der Waals surface area contributed by atoms with Gasteiger partial charge >= 0.3 is 6.03 Å². The van der Waals surface area contributed by atoms with E-state index < -0.39 is 0 Å². The zero-order chi connectivity index (χ0) is 9.97. The van der Waals surface area contributed by atoms with Gasteiger partial charge in [-0.15, -0.1) is 6.58 Å². The van der Waals surface area contributed by atoms with Gasteiger partial charge in [-0.3, -0.25) is 0 Å². The van der Waals surface area contributed by atoms with E-state index in [-0.39, 0.29) is 6.03 Å². The monoisotopic (exact) mass is 195 g/mol. The van der Waals surface area contributed by atoms with E-state index in [1.54, 1.807) is 6.08 Å². The maximum absolute atomic E-state index is 11.6. The maximum Gasteiger partial charge on any atom is 0.317 e. The first kappa shape index (κ1) is 9.52. The lowest BCUT2D eigenvalue weighted by Crippen LogP contribution is -2.48. The molecule has 2 bridgehead atoms. The Morgan fingerprint density at radius 2 is 2.50 bits per heavy atom. The van der Waals surface area contributed by atoms with E-state index in [1.807, 2.05) is 4.90 Å². The Morgan fingerprint density at radius 1 is 1.64 bits per heavy atom. The number of rotatable bonds is 2. The Labute approximate surface area is 84.3 Å². The van der Waals surface area contributed by atoms with Crippen LogP contribution in [-0.2, 0) is 0 Å². The normalized spacial score (nSPS) is 30.1. The SMILES string of the molecule is C=CCNC(=O)N1CC2CNC(C2)C1. The molecule has 2 unspecified atom stereocenters. The number of hydrogen-bond donors (Lipinski definition) is 2. The van der Waals surface area contributed by atoms with E-state index in [0.717, 1.165) is 19.6 Å². The molecule has 0 aromatic carbocycles. The Morgan fingerprint density at radius 3 is 3.21 bits per heavy atom. The van der Waals surface area contributed by atoms with E-state index in [4.69, 9.17) is 0 Å². The molecule has 0 spiro atoms. The van der Waals surface area contributed by atoms with Crippen molar-refractivity contribution in [1.82, 2.24) is 15.5 Å². The first-order valence-corrected chi connectivity index (χ1v) is 5.16. The number of fused-ring (bicyclic) bond motifs is 2. The second-order valence-corrected chi connectivity index (χ2v) is 4.09. The number of likely N-dealkylation sites (tertiary alicyclic amines) is 1. The average Bonchev–Trinajstić information content (AvgIpc) is 2.54. The number of carbonyl (C=O) groups is 1. The smallest absolute Gasteiger partial charge is 0.317 e. The Hall–Kier alpha value is -1.03. The Bertz CT molecular complexity index is 230. The van der Waals surface area contributed by atoms with Crippen LogP contribution in [0.1, 0.15) is 6.42 Å². The highest BCUT2D eigenvalue weighted by Gasteiger charge is 2.34. The number of hydrogen-bond acceptors (Lipinski definition) is 2. The van der Waals surface area contributed by atoms with Crippen molar-refractivity contribution in [3.8, 4) is 0 Å². The molecule has 2 rings (SSSR count). The molecule has 2 heterocycles. The largest absolute Gasteiger partial charge is 0.335 e. The molecule has 2 amide bonds. The summed E-state index contributed by atoms with van der Waals surface area (Å²) in [6.07, 6.45) is 2.93. The van der Waals surface area contributed by atoms with Gasteiger partial charge in [0.25, 0.3) is 0 Å². The summed E-state index contributed by atoms with van der Waals surface area (Å²) in [6, 6.07) is 0.562. The van der Waals surface area contributed by atoms with Gasteiger partial charge in [0.1, 0.15) is 0 Å². The summed E-state index contributed by atoms with van der Waals surface area (Å²) >= 11 is 0. The average molecular weight is 195 g/mol. The number of carbonyl (C=O) groups excluding carboxylic acids is 1. The lowest BCUT2D eigenvalue weighted by Gasteiger charge is -2.30. The number of urea groups is 1. The standard InChI is InChI=1S/C10H17N3O/c1-2-3-11-10(14)13-6-8-4-9(7-13)12-5-8/h2,8-9,12H,1,3-7H2,(H,11,14). The van der Waals surface area contributed by atoms with E-state index in [2.05, 4.69) is 17.2 Å². The summed E-state index contributed by atoms with van der Waals surface area (Å²) in [5.41, 5.74) is 0. The molecule has 4 nitrogen and oxygen atoms in total. The van der Waals surface area contributed by atoms with Gasteiger partial charge in [0.2, 0.25) is 0 Å². The van der Waals surface area contributed by atoms with Gasteiger partial charge < -0.3 is 15.5 Å². The van der Waals surface area contributed by atoms with Crippen molar-refractivity contribution in [2.24, 2.45) is 5.92 Å². The molecule has 78 valence electrons. The topological polar surface area (TPSA) is 44.4 Å². The molecular formula is C10H17N3O. The fraction of sp³-hybridized carbons (Fsp3) is 0.700. The van der Waals surface area contributed by atoms with Gasteiger partial charge in [0.05, 0.1) is 0 Å². The lowest BCUT2D eigenvalue weighted by molar-refractivity contribution is 0.174. The molecule has 2 fully saturated rings. The van der Waals surface area contributed by atoms with Crippen LogP contribution >= 0.6 is 0 Å². The van der Waals surface area contributed by atoms with Crippen molar-refractivity contribution in [3.63, 3.8) is 0 Å². The van der Waals surface area contributed by atoms with Crippen molar-refractivity contribution in [2.75, 3.05) is 26.2 Å². The Balaban J connectivity index is 1.86. The zero-order valence-corrected chi connectivity index (χ0v) is 8.33. The van der Waals surface area contributed by atoms with Crippen molar-refractivity contribution < 1.29 is 4.79 Å². The summed E-state index contributed by atoms with van der Waals surface area (Å²) in [4.78, 5) is 13.5. The second kappa shape index (κ2) is 4.00. The molecular weight excluding hydrogens is 178 g/mol. The van der Waals surface area contributed by atoms with Crippen LogP contribution in [-0.4, -0.2) is 43.2 Å². The summed E-state index contributed by atoms with van der Waals surface area (Å²) in [5, 5.41) is 6.23. The summed E-state index contributed by atoms with van der Waals surface area (Å²) in [7, 11) is 0. The number of nitrogens with zero attached hydrogens (tertiary/aromatic N) is 1. The first-order chi connectivity index (χ1) is 6.79. The van der Waals surface area contributed by atoms with Gasteiger partial charge in [-0.2, -0.15) is 0 Å². The third kappa shape index (κ3) is 1.90. The first-order valence-electron chi connectivity index (χ1n) is 5.16. The minimum atomic E-state index is 0.0447. The fourth-order valence-corrected chi connectivity index (χ4v) is 2.27. The molecule has 2 aliphatic rings. The second-order valence-electron chi connectivity index (χ2n) is 4.09. The molecule has 0 aromatic heterocycles. The van der Waals surface area contributed by atoms with Crippen LogP contribution in [0.3, 0.4) is 0 Å². The molecule has 0 aliphatic carbocycles. The maximum atomic E-state index is 11.6. The van der Waals surface area contributed by atoms with E-state index >= 15 is 0 Å². The molecule has 2 aliphatic heterocycles. The molecule has 4 heteroatoms. The zero-order valence-electron chi connectivity index (χ0n) is 8.33. The highest BCUT2D eigenvalue weighted by molar-refractivity contribution is 5.74. The minimum Gasteiger partial charge on any atom is -0.335 e. The van der Waals surface area contributed by atoms with Crippen LogP contribution in [0.5, 0.6) is 0 Å². The van der Waals surface area contributed by atoms with Crippen molar-refractivity contribution in [2.45, 2.75) is 12.5 Å². The molecule has 0 saturated carbocycles. The number of piperidine rings is 1. The van der Waals surface area contributed by atoms with E-state index in [0.29, 0.717) is 18.5 Å². The lowest BCUT2D eigenvalue weighted by atomic mass is 10.0. The quantitative estimate of drug-likeness (QED) is 0.617. The van der Waals surface area contributed by atoms with Gasteiger partial charge in [-0.1, -0.05) is 6.08 Å². The van der Waals surface area contributed by atoms with Crippen molar-refractivity contribution in [3.05, 3.63) is 12.7 Å². The van der Waals surface area contributed by atoms with Crippen LogP contribution < -0.4 is 10.6 Å². The fourth-order valence-electron chi connectivity index (χ4n) is 2.27. The molecule has 0 aromatic rings. The minimum absolute atomic E-state index is 0.0447. The van der Waals surface area contributed by atoms with Crippen LogP contribution in [0.25, 0.3) is 0 Å². The summed E-state index contributed by atoms with van der Waals surface area (Å²) in [5.74, 6) is 0.656. The number of nitrogens with one attached hydrogen (secondary N) is 2. The highest BCUT2D eigenvalue weighted by Crippen LogP contribution is 2.21. The molecule has 2 saturated heterocycles. The van der Waals surface area contributed by atoms with Crippen LogP contribution in [0.2, 0.25) is 0 Å². The van der Waals surface area contributed by atoms with Gasteiger partial charge in [-0.25, -0.2) is 4.79 Å². The van der Waals surface area contributed by atoms with Crippen molar-refractivity contribution >= 4 is 6.03 Å². The molecule has 0 radical (unpaired) electrons. The molecule has 2 N–H and O–H groups in total. The highest BCUT2D eigenvalue weighted by atomic mass is 16.2. The molecule has 14 heavy (non-hydrogen) atoms. The van der Waals surface area contributed by atoms with Crippen LogP contribution in [0, 0.1) is 5.92 Å². The van der Waals surface area contributed by atoms with Crippen LogP contribution in [0.15, 0.2) is 12.7 Å². The van der Waals surface area contributed by atoms with Gasteiger partial charge in [0, 0.05) is 32.2 Å². The van der Waals surface area contributed by atoms with Crippen LogP contribution in [0.4, 0.5) is 4.79 Å². The van der Waals surface area contributed by atoms with E-state index in [1.165, 1.54) is 6.42 Å². The third-order valence-corrected chi connectivity index (χ3v) is 2.92. The van der Waals surface area contributed by atoms with Gasteiger partial charge in [-0.05, 0) is 12.3 Å². The number of amides is 2. The predicted octanol–water partition coefficient (Wildman–Crippen LogP) is 0.176. The van der Waals surface area contributed by atoms with Gasteiger partial charge in [0.15, 0.2) is 0 Å². The predicted molar refractivity (Wildman–Crippen MR) is 55.1 cm³/mol. The van der Waals surface area contributed by atoms with E-state index in [9.17, 15) is 4.79 Å². The van der Waals surface area contributed by atoms with Crippen molar-refractivity contribution in [1.29, 1.82) is 0 Å². The summed E-state index contributed by atoms with van der Waals surface area (Å²) < 4.78 is 0. The third-order valence-electron chi connectivity index (χ3n) is 2.92. The Kier molecular flexibility index (Phi) is 2.72. The molecule has 2 atom stereocenters.